The van der Waals surface area contributed by atoms with Gasteiger partial charge in [0, 0.05) is 6.42 Å². The van der Waals surface area contributed by atoms with Gasteiger partial charge in [0.25, 0.3) is 0 Å². The van der Waals surface area contributed by atoms with Crippen molar-refractivity contribution >= 4 is 11.9 Å². The molecule has 0 spiro atoms. The minimum atomic E-state index is -0.0959. The molecule has 0 aromatic heterocycles. The van der Waals surface area contributed by atoms with Crippen LogP contribution in [0.5, 0.6) is 0 Å². The first-order valence-electron chi connectivity index (χ1n) is 8.46. The van der Waals surface area contributed by atoms with E-state index in [1.54, 1.807) is 0 Å². The Morgan fingerprint density at radius 2 is 1.48 bits per heavy atom. The maximum atomic E-state index is 11.8. The molecule has 1 aromatic carbocycles. The highest BCUT2D eigenvalue weighted by molar-refractivity contribution is 5.76. The van der Waals surface area contributed by atoms with Crippen LogP contribution in [-0.4, -0.2) is 18.5 Å². The normalized spacial score (nSPS) is 28.1. The molecule has 0 saturated heterocycles. The largest absolute Gasteiger partial charge is 0.465 e. The minimum Gasteiger partial charge on any atom is -0.465 e. The van der Waals surface area contributed by atoms with Crippen molar-refractivity contribution in [3.8, 4) is 0 Å². The number of hydrogen-bond donors (Lipinski definition) is 0. The molecule has 2 aliphatic carbocycles. The summed E-state index contributed by atoms with van der Waals surface area (Å²) in [5.74, 6) is 0.946. The zero-order valence-corrected chi connectivity index (χ0v) is 13.8. The maximum Gasteiger partial charge on any atom is 0.309 e. The molecule has 4 atom stereocenters. The topological polar surface area (TPSA) is 52.6 Å². The zero-order chi connectivity index (χ0) is 16.4. The van der Waals surface area contributed by atoms with Gasteiger partial charge in [-0.15, -0.1) is 0 Å². The van der Waals surface area contributed by atoms with Crippen LogP contribution in [0.25, 0.3) is 0 Å². The van der Waals surface area contributed by atoms with E-state index in [9.17, 15) is 9.59 Å². The molecule has 2 aliphatic rings. The van der Waals surface area contributed by atoms with Crippen LogP contribution in [0, 0.1) is 23.7 Å². The minimum absolute atomic E-state index is 0.0795. The summed E-state index contributed by atoms with van der Waals surface area (Å²) in [6, 6.07) is 7.85. The van der Waals surface area contributed by atoms with Crippen LogP contribution in [0.15, 0.2) is 24.3 Å². The lowest BCUT2D eigenvalue weighted by molar-refractivity contribution is -0.147. The van der Waals surface area contributed by atoms with Crippen molar-refractivity contribution in [1.82, 2.24) is 0 Å². The molecular formula is C19H24O4. The number of ether oxygens (including phenoxy) is 2. The second-order valence-electron chi connectivity index (χ2n) is 6.93. The first kappa shape index (κ1) is 16.0. The van der Waals surface area contributed by atoms with Gasteiger partial charge in [0.2, 0.25) is 0 Å². The smallest absolute Gasteiger partial charge is 0.309 e. The van der Waals surface area contributed by atoms with Crippen molar-refractivity contribution in [2.75, 3.05) is 6.61 Å². The van der Waals surface area contributed by atoms with Gasteiger partial charge in [-0.1, -0.05) is 38.1 Å². The fourth-order valence-electron chi connectivity index (χ4n) is 2.87. The summed E-state index contributed by atoms with van der Waals surface area (Å²) in [4.78, 5) is 23.6. The first-order valence-corrected chi connectivity index (χ1v) is 8.46. The third kappa shape index (κ3) is 4.12. The van der Waals surface area contributed by atoms with Crippen LogP contribution in [0.2, 0.25) is 0 Å². The summed E-state index contributed by atoms with van der Waals surface area (Å²) in [7, 11) is 0. The number of benzene rings is 1. The van der Waals surface area contributed by atoms with Gasteiger partial charge in [0.15, 0.2) is 0 Å². The van der Waals surface area contributed by atoms with Gasteiger partial charge >= 0.3 is 11.9 Å². The molecule has 0 N–H and O–H groups in total. The molecule has 0 radical (unpaired) electrons. The summed E-state index contributed by atoms with van der Waals surface area (Å²) >= 11 is 0. The van der Waals surface area contributed by atoms with E-state index >= 15 is 0 Å². The molecule has 124 valence electrons. The number of esters is 2. The monoisotopic (exact) mass is 316 g/mol. The molecule has 0 unspecified atom stereocenters. The lowest BCUT2D eigenvalue weighted by atomic mass is 10.1. The molecule has 3 rings (SSSR count). The standard InChI is InChI=1S/C19H24O4/c1-12-9-16(12)18(20)22-8-7-14-5-3-4-6-15(14)11-23-19(21)17-10-13(17)2/h3-6,12-13,16-17H,7-11H2,1-2H3/t12-,13+,16+,17-/m1/s1. The highest BCUT2D eigenvalue weighted by Crippen LogP contribution is 2.39. The van der Waals surface area contributed by atoms with Gasteiger partial charge in [0.05, 0.1) is 18.4 Å². The number of rotatable bonds is 7. The molecule has 0 heterocycles. The zero-order valence-electron chi connectivity index (χ0n) is 13.8. The van der Waals surface area contributed by atoms with Crippen LogP contribution in [-0.2, 0) is 32.1 Å². The average molecular weight is 316 g/mol. The fourth-order valence-corrected chi connectivity index (χ4v) is 2.87. The van der Waals surface area contributed by atoms with Crippen LogP contribution in [0.3, 0.4) is 0 Å². The van der Waals surface area contributed by atoms with Crippen LogP contribution < -0.4 is 0 Å². The van der Waals surface area contributed by atoms with Gasteiger partial charge in [-0.3, -0.25) is 9.59 Å². The Hall–Kier alpha value is -1.84. The van der Waals surface area contributed by atoms with Gasteiger partial charge in [-0.2, -0.15) is 0 Å². The van der Waals surface area contributed by atoms with Gasteiger partial charge in [-0.25, -0.2) is 0 Å². The summed E-state index contributed by atoms with van der Waals surface area (Å²) < 4.78 is 10.7. The fraction of sp³-hybridized carbons (Fsp3) is 0.579. The van der Waals surface area contributed by atoms with E-state index < -0.39 is 0 Å². The van der Waals surface area contributed by atoms with E-state index in [2.05, 4.69) is 13.8 Å². The van der Waals surface area contributed by atoms with Crippen molar-refractivity contribution in [1.29, 1.82) is 0 Å². The lowest BCUT2D eigenvalue weighted by Gasteiger charge is -2.11. The molecule has 0 amide bonds. The molecule has 2 saturated carbocycles. The predicted molar refractivity (Wildman–Crippen MR) is 85.4 cm³/mol. The summed E-state index contributed by atoms with van der Waals surface area (Å²) in [5.41, 5.74) is 2.06. The van der Waals surface area contributed by atoms with Crippen LogP contribution in [0.4, 0.5) is 0 Å². The van der Waals surface area contributed by atoms with E-state index in [0.717, 1.165) is 24.0 Å². The first-order chi connectivity index (χ1) is 11.1. The average Bonchev–Trinajstić information content (AvgIpc) is 3.44. The van der Waals surface area contributed by atoms with Crippen molar-refractivity contribution in [2.24, 2.45) is 23.7 Å². The Bertz CT molecular complexity index is 595. The van der Waals surface area contributed by atoms with E-state index in [4.69, 9.17) is 9.47 Å². The molecule has 0 bridgehead atoms. The summed E-state index contributed by atoms with van der Waals surface area (Å²) in [6.45, 7) is 4.81. The second kappa shape index (κ2) is 6.73. The van der Waals surface area contributed by atoms with Gasteiger partial charge in [-0.05, 0) is 35.8 Å². The number of hydrogen-bond acceptors (Lipinski definition) is 4. The Morgan fingerprint density at radius 3 is 2.04 bits per heavy atom. The Kier molecular flexibility index (Phi) is 4.69. The molecule has 23 heavy (non-hydrogen) atoms. The molecule has 2 fully saturated rings. The second-order valence-corrected chi connectivity index (χ2v) is 6.93. The highest BCUT2D eigenvalue weighted by atomic mass is 16.5. The maximum absolute atomic E-state index is 11.8. The van der Waals surface area contributed by atoms with Crippen molar-refractivity contribution in [3.05, 3.63) is 35.4 Å². The Morgan fingerprint density at radius 1 is 0.957 bits per heavy atom. The van der Waals surface area contributed by atoms with Crippen LogP contribution >= 0.6 is 0 Å². The summed E-state index contributed by atoms with van der Waals surface area (Å²) in [5, 5.41) is 0. The third-order valence-electron chi connectivity index (χ3n) is 4.93. The van der Waals surface area contributed by atoms with Gasteiger partial charge < -0.3 is 9.47 Å². The molecular weight excluding hydrogens is 292 g/mol. The van der Waals surface area contributed by atoms with Crippen molar-refractivity contribution < 1.29 is 19.1 Å². The van der Waals surface area contributed by atoms with Crippen LogP contribution in [0.1, 0.15) is 37.8 Å². The van der Waals surface area contributed by atoms with E-state index in [1.165, 1.54) is 0 Å². The van der Waals surface area contributed by atoms with E-state index in [1.807, 2.05) is 24.3 Å². The molecule has 4 nitrogen and oxygen atoms in total. The highest BCUT2D eigenvalue weighted by Gasteiger charge is 2.41. The lowest BCUT2D eigenvalue weighted by Crippen LogP contribution is -2.12. The molecule has 0 aliphatic heterocycles. The SMILES string of the molecule is C[C@@H]1C[C@@H]1C(=O)OCCc1ccccc1COC(=O)[C@@H]1C[C@@H]1C. The quantitative estimate of drug-likeness (QED) is 0.725. The molecule has 4 heteroatoms. The van der Waals surface area contributed by atoms with E-state index in [0.29, 0.717) is 31.5 Å². The third-order valence-corrected chi connectivity index (χ3v) is 4.93. The van der Waals surface area contributed by atoms with E-state index in [-0.39, 0.29) is 23.8 Å². The predicted octanol–water partition coefficient (Wildman–Crippen LogP) is 3.13. The Labute approximate surface area is 137 Å². The number of carbonyl (C=O) groups is 2. The van der Waals surface area contributed by atoms with Crippen molar-refractivity contribution in [2.45, 2.75) is 39.7 Å². The van der Waals surface area contributed by atoms with Gasteiger partial charge in [0.1, 0.15) is 6.61 Å². The summed E-state index contributed by atoms with van der Waals surface area (Å²) in [6.07, 6.45) is 2.54. The van der Waals surface area contributed by atoms with Crippen molar-refractivity contribution in [3.63, 3.8) is 0 Å². The molecule has 1 aromatic rings. The number of carbonyl (C=O) groups excluding carboxylic acids is 2. The Balaban J connectivity index is 1.47.